The Hall–Kier alpha value is -5.10. The van der Waals surface area contributed by atoms with Crippen LogP contribution in [0.25, 0.3) is 27.7 Å². The van der Waals surface area contributed by atoms with Crippen molar-refractivity contribution in [1.82, 2.24) is 24.5 Å². The van der Waals surface area contributed by atoms with Crippen LogP contribution in [-0.2, 0) is 6.54 Å². The topological polar surface area (TPSA) is 127 Å². The van der Waals surface area contributed by atoms with Gasteiger partial charge in [0.25, 0.3) is 5.56 Å². The zero-order chi connectivity index (χ0) is 26.6. The number of para-hydroxylation sites is 1. The number of pyridine rings is 1. The van der Waals surface area contributed by atoms with Crippen molar-refractivity contribution >= 4 is 22.7 Å². The fourth-order valence-corrected chi connectivity index (χ4v) is 4.63. The number of hydrogen-bond donors (Lipinski definition) is 1. The molecule has 0 amide bonds. The molecule has 0 fully saturated rings. The number of nitrogen functional groups attached to an aromatic ring is 1. The summed E-state index contributed by atoms with van der Waals surface area (Å²) in [4.78, 5) is 34.0. The lowest BCUT2D eigenvalue weighted by Crippen LogP contribution is -2.32. The predicted octanol–water partition coefficient (Wildman–Crippen LogP) is 4.42. The number of hydrogen-bond acceptors (Lipinski definition) is 8. The second-order valence-corrected chi connectivity index (χ2v) is 8.84. The Morgan fingerprint density at radius 1 is 1.03 bits per heavy atom. The highest BCUT2D eigenvalue weighted by atomic mass is 16.1. The smallest absolute Gasteiger partial charge is 0.266 e. The minimum absolute atomic E-state index is 0.0886. The van der Waals surface area contributed by atoms with Crippen molar-refractivity contribution in [3.8, 4) is 22.9 Å². The van der Waals surface area contributed by atoms with E-state index >= 15 is 0 Å². The number of aryl methyl sites for hydroxylation is 1. The predicted molar refractivity (Wildman–Crippen MR) is 148 cm³/mol. The van der Waals surface area contributed by atoms with Gasteiger partial charge in [0.15, 0.2) is 5.82 Å². The molecule has 0 unspecified atom stereocenters. The van der Waals surface area contributed by atoms with E-state index in [4.69, 9.17) is 10.7 Å². The number of nitriles is 1. The third-order valence-electron chi connectivity index (χ3n) is 6.28. The lowest BCUT2D eigenvalue weighted by atomic mass is 10.0. The summed E-state index contributed by atoms with van der Waals surface area (Å²) in [6, 6.07) is 21.0. The zero-order valence-electron chi connectivity index (χ0n) is 21.2. The summed E-state index contributed by atoms with van der Waals surface area (Å²) in [7, 11) is 0. The molecule has 0 bridgehead atoms. The Bertz CT molecular complexity index is 1710. The molecule has 0 aliphatic carbocycles. The number of fused-ring (bicyclic) bond motifs is 1. The molecule has 0 aliphatic rings. The highest BCUT2D eigenvalue weighted by Crippen LogP contribution is 2.27. The van der Waals surface area contributed by atoms with Crippen LogP contribution < -0.4 is 16.2 Å². The first-order valence-electron chi connectivity index (χ1n) is 12.3. The van der Waals surface area contributed by atoms with E-state index in [9.17, 15) is 10.1 Å². The van der Waals surface area contributed by atoms with E-state index in [1.165, 1.54) is 0 Å². The van der Waals surface area contributed by atoms with Crippen molar-refractivity contribution in [3.05, 3.63) is 100 Å². The molecule has 0 spiro atoms. The van der Waals surface area contributed by atoms with Crippen molar-refractivity contribution in [3.63, 3.8) is 0 Å². The summed E-state index contributed by atoms with van der Waals surface area (Å²) in [5, 5.41) is 10.4. The maximum absolute atomic E-state index is 14.2. The Labute approximate surface area is 219 Å². The number of rotatable bonds is 7. The summed E-state index contributed by atoms with van der Waals surface area (Å²) in [5.74, 6) is 1.03. The van der Waals surface area contributed by atoms with Crippen LogP contribution in [0.2, 0.25) is 0 Å². The van der Waals surface area contributed by atoms with Crippen molar-refractivity contribution in [2.45, 2.75) is 26.8 Å². The molecule has 0 saturated heterocycles. The van der Waals surface area contributed by atoms with E-state index < -0.39 is 0 Å². The van der Waals surface area contributed by atoms with Crippen LogP contribution in [-0.4, -0.2) is 31.0 Å². The summed E-state index contributed by atoms with van der Waals surface area (Å²) < 4.78 is 1.63. The normalized spacial score (nSPS) is 10.9. The molecule has 5 rings (SSSR count). The van der Waals surface area contributed by atoms with Crippen molar-refractivity contribution in [1.29, 1.82) is 5.26 Å². The monoisotopic (exact) mass is 502 g/mol. The molecule has 0 atom stereocenters. The minimum atomic E-state index is -0.189. The maximum atomic E-state index is 14.2. The number of aromatic nitrogens is 5. The van der Waals surface area contributed by atoms with Gasteiger partial charge in [-0.25, -0.2) is 9.97 Å². The summed E-state index contributed by atoms with van der Waals surface area (Å²) in [6.45, 7) is 4.58. The number of benzene rings is 2. The highest BCUT2D eigenvalue weighted by molar-refractivity contribution is 5.94. The molecule has 9 heteroatoms. The van der Waals surface area contributed by atoms with Crippen molar-refractivity contribution < 1.29 is 0 Å². The van der Waals surface area contributed by atoms with Crippen LogP contribution >= 0.6 is 0 Å². The molecule has 0 radical (unpaired) electrons. The van der Waals surface area contributed by atoms with Gasteiger partial charge in [0, 0.05) is 24.5 Å². The molecular formula is C29H26N8O. The van der Waals surface area contributed by atoms with E-state index in [1.807, 2.05) is 72.5 Å². The molecule has 0 aliphatic heterocycles. The number of anilines is 2. The second kappa shape index (κ2) is 10.5. The average molecular weight is 503 g/mol. The van der Waals surface area contributed by atoms with Gasteiger partial charge in [0.1, 0.15) is 17.5 Å². The van der Waals surface area contributed by atoms with Crippen LogP contribution in [0.1, 0.15) is 30.4 Å². The molecule has 0 saturated carbocycles. The Balaban J connectivity index is 1.76. The van der Waals surface area contributed by atoms with Crippen LogP contribution in [0.3, 0.4) is 0 Å². The second-order valence-electron chi connectivity index (χ2n) is 8.84. The van der Waals surface area contributed by atoms with Gasteiger partial charge in [-0.1, -0.05) is 43.3 Å². The fraction of sp³-hybridized carbons (Fsp3) is 0.172. The molecule has 2 aromatic carbocycles. The maximum Gasteiger partial charge on any atom is 0.266 e. The van der Waals surface area contributed by atoms with E-state index in [1.54, 1.807) is 23.9 Å². The molecule has 5 aromatic rings. The number of nitrogens with two attached hydrogens (primary N) is 1. The van der Waals surface area contributed by atoms with Gasteiger partial charge in [-0.15, -0.1) is 0 Å². The molecule has 38 heavy (non-hydrogen) atoms. The Morgan fingerprint density at radius 2 is 1.84 bits per heavy atom. The molecule has 188 valence electrons. The molecular weight excluding hydrogens is 476 g/mol. The highest BCUT2D eigenvalue weighted by Gasteiger charge is 2.22. The number of nitrogens with zero attached hydrogens (tertiary/aromatic N) is 7. The van der Waals surface area contributed by atoms with Crippen LogP contribution in [0.4, 0.5) is 11.8 Å². The van der Waals surface area contributed by atoms with Crippen molar-refractivity contribution in [2.75, 3.05) is 17.2 Å². The van der Waals surface area contributed by atoms with E-state index in [2.05, 4.69) is 21.0 Å². The summed E-state index contributed by atoms with van der Waals surface area (Å²) >= 11 is 0. The van der Waals surface area contributed by atoms with Crippen LogP contribution in [0, 0.1) is 18.3 Å². The van der Waals surface area contributed by atoms with E-state index in [-0.39, 0.29) is 18.1 Å². The van der Waals surface area contributed by atoms with Crippen LogP contribution in [0.15, 0.2) is 77.9 Å². The fourth-order valence-electron chi connectivity index (χ4n) is 4.63. The minimum Gasteiger partial charge on any atom is -0.368 e. The Kier molecular flexibility index (Phi) is 6.78. The van der Waals surface area contributed by atoms with Gasteiger partial charge < -0.3 is 10.6 Å². The zero-order valence-corrected chi connectivity index (χ0v) is 21.2. The lowest BCUT2D eigenvalue weighted by molar-refractivity contribution is 0.700. The van der Waals surface area contributed by atoms with Gasteiger partial charge in [-0.3, -0.25) is 14.3 Å². The van der Waals surface area contributed by atoms with E-state index in [0.29, 0.717) is 46.0 Å². The third kappa shape index (κ3) is 4.55. The lowest BCUT2D eigenvalue weighted by Gasteiger charge is -2.26. The standard InChI is InChI=1S/C29H26N8O/c1-3-15-36(27-23(16-30)19(2)33-29(31)35-27)18-25-34-24-13-7-12-22(20-9-8-14-32-17-20)26(24)28(38)37(25)21-10-5-4-6-11-21/h4-14,17H,3,15,18H2,1-2H3,(H2,31,33,35). The summed E-state index contributed by atoms with van der Waals surface area (Å²) in [5.41, 5.74) is 9.50. The van der Waals surface area contributed by atoms with Gasteiger partial charge >= 0.3 is 0 Å². The van der Waals surface area contributed by atoms with Gasteiger partial charge in [-0.05, 0) is 43.2 Å². The third-order valence-corrected chi connectivity index (χ3v) is 6.28. The molecule has 9 nitrogen and oxygen atoms in total. The SMILES string of the molecule is CCCN(Cc1nc2cccc(-c3cccnc3)c2c(=O)n1-c1ccccc1)c1nc(N)nc(C)c1C#N. The average Bonchev–Trinajstić information content (AvgIpc) is 2.93. The van der Waals surface area contributed by atoms with E-state index in [0.717, 1.165) is 17.5 Å². The van der Waals surface area contributed by atoms with Crippen molar-refractivity contribution in [2.24, 2.45) is 0 Å². The molecule has 3 aromatic heterocycles. The Morgan fingerprint density at radius 3 is 2.55 bits per heavy atom. The summed E-state index contributed by atoms with van der Waals surface area (Å²) in [6.07, 6.45) is 4.22. The van der Waals surface area contributed by atoms with Gasteiger partial charge in [0.2, 0.25) is 5.95 Å². The first kappa shape index (κ1) is 24.6. The molecule has 3 heterocycles. The molecule has 2 N–H and O–H groups in total. The first-order valence-corrected chi connectivity index (χ1v) is 12.3. The van der Waals surface area contributed by atoms with Gasteiger partial charge in [-0.2, -0.15) is 10.2 Å². The van der Waals surface area contributed by atoms with Crippen LogP contribution in [0.5, 0.6) is 0 Å². The van der Waals surface area contributed by atoms with Gasteiger partial charge in [0.05, 0.1) is 28.8 Å². The largest absolute Gasteiger partial charge is 0.368 e. The quantitative estimate of drug-likeness (QED) is 0.347. The first-order chi connectivity index (χ1) is 18.5.